The van der Waals surface area contributed by atoms with Gasteiger partial charge in [0.1, 0.15) is 35.2 Å². The van der Waals surface area contributed by atoms with Crippen LogP contribution in [0.2, 0.25) is 0 Å². The van der Waals surface area contributed by atoms with Crippen molar-refractivity contribution in [3.05, 3.63) is 100 Å². The van der Waals surface area contributed by atoms with Crippen LogP contribution in [-0.2, 0) is 78.4 Å². The van der Waals surface area contributed by atoms with Crippen LogP contribution in [0.25, 0.3) is 21.8 Å². The Morgan fingerprint density at radius 1 is 0.644 bits per heavy atom. The second-order valence-electron chi connectivity index (χ2n) is 26.6. The zero-order chi connectivity index (χ0) is 74.3. The smallest absolute Gasteiger partial charge is 0.345 e. The number of hydrogen-bond donors (Lipinski definition) is 5. The Labute approximate surface area is 610 Å². The van der Waals surface area contributed by atoms with E-state index in [0.29, 0.717) is 167 Å². The van der Waals surface area contributed by atoms with Gasteiger partial charge in [0.05, 0.1) is 153 Å². The summed E-state index contributed by atoms with van der Waals surface area (Å²) in [7, 11) is -1.17. The number of ether oxygens (including phenoxy) is 14. The van der Waals surface area contributed by atoms with Gasteiger partial charge in [-0.2, -0.15) is 13.0 Å². The number of hydrogen-bond acceptors (Lipinski definition) is 23. The van der Waals surface area contributed by atoms with Crippen molar-refractivity contribution < 1.29 is 113 Å². The second kappa shape index (κ2) is 43.2. The Hall–Kier alpha value is -6.74. The predicted octanol–water partition coefficient (Wildman–Crippen LogP) is 7.80. The number of nitrogens with zero attached hydrogens (tertiary/aromatic N) is 2. The summed E-state index contributed by atoms with van der Waals surface area (Å²) >= 11 is 0. The summed E-state index contributed by atoms with van der Waals surface area (Å²) in [6.07, 6.45) is 4.61. The third kappa shape index (κ3) is 24.9. The molecule has 3 aliphatic carbocycles. The highest BCUT2D eigenvalue weighted by molar-refractivity contribution is 7.85. The highest BCUT2D eigenvalue weighted by Crippen LogP contribution is 2.61. The molecule has 3 aliphatic rings. The Kier molecular flexibility index (Phi) is 34.4. The monoisotopic (exact) mass is 1480 g/mol. The molecule has 2 saturated carbocycles. The van der Waals surface area contributed by atoms with Gasteiger partial charge in [-0.1, -0.05) is 32.0 Å². The number of phenolic OH excluding ortho intramolecular Hbond substituents is 1. The van der Waals surface area contributed by atoms with Gasteiger partial charge < -0.3 is 92.0 Å². The predicted molar refractivity (Wildman–Crippen MR) is 387 cm³/mol. The number of fused-ring (bicyclic) bond motifs is 7. The lowest BCUT2D eigenvalue weighted by molar-refractivity contribution is -0.645. The number of aromatic nitrogens is 1. The van der Waals surface area contributed by atoms with Gasteiger partial charge in [-0.25, -0.2) is 4.79 Å². The largest absolute Gasteiger partial charge is 0.508 e. The lowest BCUT2D eigenvalue weighted by atomic mass is 9.55. The summed E-state index contributed by atoms with van der Waals surface area (Å²) in [4.78, 5) is 47.0. The first-order valence-electron chi connectivity index (χ1n) is 36.3. The van der Waals surface area contributed by atoms with Gasteiger partial charge in [-0.3, -0.25) is 14.1 Å². The third-order valence-electron chi connectivity index (χ3n) is 18.9. The van der Waals surface area contributed by atoms with Gasteiger partial charge in [-0.05, 0) is 147 Å². The summed E-state index contributed by atoms with van der Waals surface area (Å²) < 4.78 is 117. The molecule has 2 amide bonds. The van der Waals surface area contributed by atoms with Crippen LogP contribution < -0.4 is 29.4 Å². The van der Waals surface area contributed by atoms with Crippen LogP contribution in [0.15, 0.2) is 71.9 Å². The number of amides is 2. The SMILES string of the molecule is CCCOCC(COCCC)Oc1ccc2c(c1)c(C(=O)Oc1c(C)cc(C(=O)NCCOCCOCCOCCOCCOCCNC(=O)CON=C3CC4C(CCC5(C)C(O)CCC45)c4ccc(O)cc43)cc1C)c1cc(OC(COCCOC)COCCOC)ccc1[n+]2CCCS(=O)(=O)O. The number of phenols is 1. The molecule has 2 fully saturated rings. The van der Waals surface area contributed by atoms with E-state index >= 15 is 4.79 Å². The molecule has 5 N–H and O–H groups in total. The molecule has 5 atom stereocenters. The molecule has 5 unspecified atom stereocenters. The Morgan fingerprint density at radius 2 is 1.16 bits per heavy atom. The summed E-state index contributed by atoms with van der Waals surface area (Å²) in [5.74, 6) is 0.220. The van der Waals surface area contributed by atoms with Crippen LogP contribution in [0.3, 0.4) is 0 Å². The van der Waals surface area contributed by atoms with E-state index in [9.17, 15) is 32.8 Å². The van der Waals surface area contributed by atoms with Gasteiger partial charge in [0.25, 0.3) is 21.9 Å². The van der Waals surface area contributed by atoms with Crippen LogP contribution in [-0.4, -0.2) is 237 Å². The number of carbonyl (C=O) groups excluding carboxylic acids is 3. The molecule has 0 spiro atoms. The number of aromatic hydroxyl groups is 1. The molecule has 1 heterocycles. The fourth-order valence-corrected chi connectivity index (χ4v) is 14.4. The van der Waals surface area contributed by atoms with Crippen LogP contribution in [0.5, 0.6) is 23.0 Å². The van der Waals surface area contributed by atoms with Crippen LogP contribution in [0.1, 0.15) is 121 Å². The van der Waals surface area contributed by atoms with E-state index in [1.807, 2.05) is 24.5 Å². The maximum atomic E-state index is 15.3. The molecular formula is C76H109N4O23S+. The minimum atomic E-state index is -4.33. The number of pyridine rings is 1. The molecule has 576 valence electrons. The number of aliphatic hydroxyl groups excluding tert-OH is 1. The number of esters is 1. The van der Waals surface area contributed by atoms with E-state index < -0.39 is 34.0 Å². The summed E-state index contributed by atoms with van der Waals surface area (Å²) in [5, 5.41) is 32.1. The molecule has 104 heavy (non-hydrogen) atoms. The maximum Gasteiger partial charge on any atom is 0.345 e. The van der Waals surface area contributed by atoms with E-state index in [1.165, 1.54) is 0 Å². The van der Waals surface area contributed by atoms with Crippen molar-refractivity contribution >= 4 is 55.4 Å². The molecule has 0 aliphatic heterocycles. The molecule has 8 rings (SSSR count). The van der Waals surface area contributed by atoms with Crippen molar-refractivity contribution in [1.82, 2.24) is 10.6 Å². The first-order valence-corrected chi connectivity index (χ1v) is 37.9. The first-order chi connectivity index (χ1) is 50.4. The zero-order valence-electron chi connectivity index (χ0n) is 61.5. The molecule has 27 nitrogen and oxygen atoms in total. The minimum absolute atomic E-state index is 0.0311. The van der Waals surface area contributed by atoms with Crippen molar-refractivity contribution in [3.63, 3.8) is 0 Å². The lowest BCUT2D eigenvalue weighted by Crippen LogP contribution is -2.45. The van der Waals surface area contributed by atoms with E-state index in [4.69, 9.17) is 71.2 Å². The highest BCUT2D eigenvalue weighted by Gasteiger charge is 2.55. The number of carbonyl (C=O) groups is 3. The summed E-state index contributed by atoms with van der Waals surface area (Å²) in [6, 6.07) is 19.2. The quantitative estimate of drug-likeness (QED) is 0.00471. The standard InChI is InChI=1S/C76H108N4O23S/c1-8-24-96-47-58(48-97-25-9-2)101-56-12-16-68-64(44-56)72(65-45-57(13-17-69(65)80(68)23-10-40-104(86,87)88)102-59(49-98-30-28-89-6)50-99-31-29-90-7)75(85)103-73-52(3)41-54(42-53(73)4)74(84)78-22-27-92-33-35-94-37-39-95-38-36-93-34-32-91-26-21-77-71(83)51-100-79-67-46-62-61(60-14-11-55(81)43-63(60)67)19-20-76(5)66(62)15-18-70(76)82/h11-14,16-17,41-45,58-59,61-62,66,70,82H,8-10,15,18-40,46-51H2,1-7H3,(H3-,77,78,81,83,84,86,87,88)/p+1. The maximum absolute atomic E-state index is 15.3. The topological polar surface area (TPSA) is 325 Å². The number of benzene rings is 4. The zero-order valence-corrected chi connectivity index (χ0v) is 62.3. The van der Waals surface area contributed by atoms with E-state index in [-0.39, 0.29) is 113 Å². The number of oxime groups is 1. The highest BCUT2D eigenvalue weighted by atomic mass is 32.2. The van der Waals surface area contributed by atoms with Crippen molar-refractivity contribution in [2.75, 3.05) is 172 Å². The molecule has 0 bridgehead atoms. The first kappa shape index (κ1) is 82.9. The van der Waals surface area contributed by atoms with Gasteiger partial charge in [0.15, 0.2) is 13.2 Å². The van der Waals surface area contributed by atoms with Crippen LogP contribution >= 0.6 is 0 Å². The summed E-state index contributed by atoms with van der Waals surface area (Å²) in [6.45, 7) is 16.5. The Morgan fingerprint density at radius 3 is 1.69 bits per heavy atom. The van der Waals surface area contributed by atoms with E-state index in [0.717, 1.165) is 55.4 Å². The average Bonchev–Trinajstić information content (AvgIpc) is 1.24. The molecule has 0 saturated heterocycles. The van der Waals surface area contributed by atoms with Crippen LogP contribution in [0, 0.1) is 31.1 Å². The number of rotatable bonds is 50. The number of aryl methyl sites for hydroxylation is 3. The molecular weight excluding hydrogens is 1370 g/mol. The van der Waals surface area contributed by atoms with Gasteiger partial charge in [0, 0.05) is 70.2 Å². The second-order valence-corrected chi connectivity index (χ2v) is 28.2. The molecule has 5 aromatic rings. The summed E-state index contributed by atoms with van der Waals surface area (Å²) in [5.41, 5.74) is 5.19. The minimum Gasteiger partial charge on any atom is -0.508 e. The fourth-order valence-electron chi connectivity index (χ4n) is 13.9. The lowest BCUT2D eigenvalue weighted by Gasteiger charge is -2.50. The van der Waals surface area contributed by atoms with Crippen molar-refractivity contribution in [2.45, 2.75) is 117 Å². The third-order valence-corrected chi connectivity index (χ3v) is 19.7. The van der Waals surface area contributed by atoms with Crippen molar-refractivity contribution in [2.24, 2.45) is 22.4 Å². The molecule has 1 aromatic heterocycles. The average molecular weight is 1480 g/mol. The number of methoxy groups -OCH3 is 2. The molecule has 28 heteroatoms. The molecule has 0 radical (unpaired) electrons. The van der Waals surface area contributed by atoms with Gasteiger partial charge >= 0.3 is 5.97 Å². The Bertz CT molecular complexity index is 3630. The van der Waals surface area contributed by atoms with Crippen molar-refractivity contribution in [1.29, 1.82) is 0 Å². The van der Waals surface area contributed by atoms with Gasteiger partial charge in [0.2, 0.25) is 11.0 Å². The molecule has 4 aromatic carbocycles. The Balaban J connectivity index is 0.773. The van der Waals surface area contributed by atoms with E-state index in [1.54, 1.807) is 88.7 Å². The number of nitrogens with one attached hydrogen (secondary N) is 2. The normalized spacial score (nSPS) is 18.3. The van der Waals surface area contributed by atoms with Crippen molar-refractivity contribution in [3.8, 4) is 23.0 Å². The number of aliphatic hydroxyl groups is 1. The fraction of sp³-hybridized carbons (Fsp3) is 0.618. The van der Waals surface area contributed by atoms with Gasteiger partial charge in [-0.15, -0.1) is 0 Å². The van der Waals surface area contributed by atoms with E-state index in [2.05, 4.69) is 22.7 Å². The van der Waals surface area contributed by atoms with Crippen LogP contribution in [0.4, 0.5) is 0 Å².